The van der Waals surface area contributed by atoms with Gasteiger partial charge in [-0.25, -0.2) is 30.9 Å². The third kappa shape index (κ3) is 5.32. The van der Waals surface area contributed by atoms with Gasteiger partial charge in [0.1, 0.15) is 17.0 Å². The summed E-state index contributed by atoms with van der Waals surface area (Å²) >= 11 is 5.97. The van der Waals surface area contributed by atoms with Crippen LogP contribution in [0.25, 0.3) is 22.0 Å². The number of carbonyl (C=O) groups excluding carboxylic acids is 2. The summed E-state index contributed by atoms with van der Waals surface area (Å²) < 4.78 is 76.8. The van der Waals surface area contributed by atoms with Crippen LogP contribution in [0, 0.1) is 17.5 Å². The maximum absolute atomic E-state index is 15.9. The van der Waals surface area contributed by atoms with Crippen LogP contribution >= 0.6 is 11.6 Å². The summed E-state index contributed by atoms with van der Waals surface area (Å²) in [5.41, 5.74) is -2.78. The van der Waals surface area contributed by atoms with Crippen molar-refractivity contribution < 1.29 is 35.9 Å². The van der Waals surface area contributed by atoms with Crippen molar-refractivity contribution in [2.45, 2.75) is 12.8 Å². The number of likely N-dealkylation sites (tertiary alicyclic amines) is 1. The molecule has 0 saturated carbocycles. The molecule has 2 amide bonds. The van der Waals surface area contributed by atoms with Gasteiger partial charge in [-0.2, -0.15) is 5.10 Å². The van der Waals surface area contributed by atoms with Gasteiger partial charge in [-0.15, -0.1) is 0 Å². The Balaban J connectivity index is 1.50. The Bertz CT molecular complexity index is 1790. The van der Waals surface area contributed by atoms with Crippen molar-refractivity contribution >= 4 is 56.6 Å². The minimum atomic E-state index is -3.59. The molecule has 2 aromatic heterocycles. The summed E-state index contributed by atoms with van der Waals surface area (Å²) in [4.78, 5) is 30.0. The van der Waals surface area contributed by atoms with E-state index in [1.165, 1.54) is 19.4 Å². The van der Waals surface area contributed by atoms with Gasteiger partial charge < -0.3 is 15.0 Å². The second kappa shape index (κ2) is 11.9. The van der Waals surface area contributed by atoms with Crippen LogP contribution in [0.3, 0.4) is 0 Å². The van der Waals surface area contributed by atoms with Gasteiger partial charge in [-0.05, 0) is 30.7 Å². The van der Waals surface area contributed by atoms with Crippen LogP contribution in [0.4, 0.5) is 24.5 Å². The summed E-state index contributed by atoms with van der Waals surface area (Å²) in [5.74, 6) is -4.56. The number of ether oxygens (including phenoxy) is 1. The first-order chi connectivity index (χ1) is 20.1. The molecule has 220 valence electrons. The molecule has 2 N–H and O–H groups in total. The number of fused-ring (bicyclic) bond motifs is 1. The molecular weight excluding hydrogens is 601 g/mol. The second-order valence-electron chi connectivity index (χ2n) is 9.15. The van der Waals surface area contributed by atoms with Crippen molar-refractivity contribution in [3.63, 3.8) is 0 Å². The Morgan fingerprint density at radius 3 is 2.67 bits per heavy atom. The number of aromatic nitrogens is 3. The van der Waals surface area contributed by atoms with E-state index in [1.807, 2.05) is 0 Å². The number of H-pyrrole nitrogens is 1. The fourth-order valence-electron chi connectivity index (χ4n) is 4.73. The number of rotatable bonds is 9. The van der Waals surface area contributed by atoms with E-state index in [0.29, 0.717) is 23.8 Å². The van der Waals surface area contributed by atoms with Gasteiger partial charge in [0, 0.05) is 43.2 Å². The molecule has 2 aromatic carbocycles. The summed E-state index contributed by atoms with van der Waals surface area (Å²) in [6.07, 6.45) is 2.40. The highest BCUT2D eigenvalue weighted by molar-refractivity contribution is 7.74. The van der Waals surface area contributed by atoms with Crippen molar-refractivity contribution in [3.8, 4) is 17.0 Å². The highest BCUT2D eigenvalue weighted by Crippen LogP contribution is 2.40. The molecule has 0 spiro atoms. The van der Waals surface area contributed by atoms with Crippen LogP contribution in [-0.2, 0) is 15.7 Å². The number of halogens is 4. The van der Waals surface area contributed by atoms with Crippen LogP contribution in [0.2, 0.25) is 5.02 Å². The lowest BCUT2D eigenvalue weighted by Crippen LogP contribution is -2.35. The lowest BCUT2D eigenvalue weighted by Gasteiger charge is -2.21. The number of nitrogens with zero attached hydrogens (tertiary/aromatic N) is 4. The van der Waals surface area contributed by atoms with Crippen molar-refractivity contribution in [2.24, 2.45) is 0 Å². The topological polar surface area (TPSA) is 138 Å². The van der Waals surface area contributed by atoms with E-state index in [2.05, 4.69) is 20.5 Å². The fraction of sp³-hybridized carbons (Fsp3) is 0.231. The fourth-order valence-corrected chi connectivity index (χ4v) is 5.53. The average Bonchev–Trinajstić information content (AvgIpc) is 3.58. The smallest absolute Gasteiger partial charge is 0.272 e. The second-order valence-corrected chi connectivity index (χ2v) is 10.5. The minimum absolute atomic E-state index is 0.00112. The first-order valence-corrected chi connectivity index (χ1v) is 14.0. The molecule has 1 fully saturated rings. The number of pyridine rings is 1. The number of hydrogen-bond donors (Lipinski definition) is 3. The molecule has 0 aliphatic carbocycles. The van der Waals surface area contributed by atoms with E-state index in [4.69, 9.17) is 16.3 Å². The van der Waals surface area contributed by atoms with Gasteiger partial charge in [0.2, 0.25) is 22.7 Å². The van der Waals surface area contributed by atoms with Gasteiger partial charge in [-0.1, -0.05) is 17.7 Å². The molecule has 42 heavy (non-hydrogen) atoms. The Morgan fingerprint density at radius 2 is 1.98 bits per heavy atom. The van der Waals surface area contributed by atoms with Crippen LogP contribution in [-0.4, -0.2) is 67.1 Å². The van der Waals surface area contributed by atoms with E-state index < -0.39 is 51.1 Å². The first-order valence-electron chi connectivity index (χ1n) is 12.5. The molecule has 0 radical (unpaired) electrons. The van der Waals surface area contributed by atoms with Gasteiger partial charge >= 0.3 is 0 Å². The standard InChI is InChI=1S/C26H22ClF3N6O5S/c1-41-26-18(11-13(27)12-32-26)36(42(39)40)17-7-6-16(28)20(22(17)30)14-4-5-15-23(21(14)29)33-34-24(15)25(38)31-8-10-35-9-2-3-19(35)37/h4-7,11-12,42H,2-3,8-10H2,1H3,(H,31,38)(H,33,34). The van der Waals surface area contributed by atoms with E-state index in [9.17, 15) is 18.0 Å². The Kier molecular flexibility index (Phi) is 8.22. The highest BCUT2D eigenvalue weighted by atomic mass is 35.5. The monoisotopic (exact) mass is 622 g/mol. The molecule has 11 nitrogen and oxygen atoms in total. The lowest BCUT2D eigenvalue weighted by atomic mass is 10.0. The third-order valence-electron chi connectivity index (χ3n) is 6.68. The van der Waals surface area contributed by atoms with Crippen molar-refractivity contribution in [1.29, 1.82) is 0 Å². The minimum Gasteiger partial charge on any atom is -0.479 e. The molecular formula is C26H22ClF3N6O5S. The first kappa shape index (κ1) is 29.1. The number of carbonyl (C=O) groups is 2. The van der Waals surface area contributed by atoms with E-state index in [-0.39, 0.29) is 45.6 Å². The van der Waals surface area contributed by atoms with E-state index in [1.54, 1.807) is 4.90 Å². The van der Waals surface area contributed by atoms with Gasteiger partial charge in [-0.3, -0.25) is 14.7 Å². The molecule has 0 atom stereocenters. The molecule has 1 saturated heterocycles. The highest BCUT2D eigenvalue weighted by Gasteiger charge is 2.28. The number of hydrogen-bond acceptors (Lipinski definition) is 7. The predicted molar refractivity (Wildman–Crippen MR) is 148 cm³/mol. The third-order valence-corrected chi connectivity index (χ3v) is 7.65. The molecule has 1 aliphatic heterocycles. The van der Waals surface area contributed by atoms with Crippen LogP contribution in [0.15, 0.2) is 36.5 Å². The summed E-state index contributed by atoms with van der Waals surface area (Å²) in [6.45, 7) is 1.06. The van der Waals surface area contributed by atoms with Crippen LogP contribution in [0.1, 0.15) is 23.3 Å². The number of amides is 2. The maximum atomic E-state index is 15.9. The number of nitrogens with one attached hydrogen (secondary N) is 2. The maximum Gasteiger partial charge on any atom is 0.272 e. The number of methoxy groups -OCH3 is 1. The zero-order valence-electron chi connectivity index (χ0n) is 21.8. The summed E-state index contributed by atoms with van der Waals surface area (Å²) in [6, 6.07) is 5.13. The zero-order valence-corrected chi connectivity index (χ0v) is 23.4. The quantitative estimate of drug-likeness (QED) is 0.242. The predicted octanol–water partition coefficient (Wildman–Crippen LogP) is 3.72. The number of benzene rings is 2. The van der Waals surface area contributed by atoms with Crippen molar-refractivity contribution in [3.05, 3.63) is 64.7 Å². The number of anilines is 2. The SMILES string of the molecule is COc1ncc(Cl)cc1N(c1ccc(F)c(-c2ccc3c(C(=O)NCCN4CCCC4=O)n[nH]c3c2F)c1F)[SH](=O)=O. The van der Waals surface area contributed by atoms with E-state index >= 15 is 13.2 Å². The van der Waals surface area contributed by atoms with Crippen LogP contribution in [0.5, 0.6) is 5.88 Å². The van der Waals surface area contributed by atoms with Crippen molar-refractivity contribution in [1.82, 2.24) is 25.4 Å². The Morgan fingerprint density at radius 1 is 1.19 bits per heavy atom. The van der Waals surface area contributed by atoms with Crippen molar-refractivity contribution in [2.75, 3.05) is 31.0 Å². The molecule has 16 heteroatoms. The molecule has 1 aliphatic rings. The lowest BCUT2D eigenvalue weighted by molar-refractivity contribution is -0.127. The molecule has 3 heterocycles. The van der Waals surface area contributed by atoms with Gasteiger partial charge in [0.25, 0.3) is 5.91 Å². The zero-order chi connectivity index (χ0) is 30.1. The molecule has 0 unspecified atom stereocenters. The summed E-state index contributed by atoms with van der Waals surface area (Å²) in [7, 11) is -2.38. The normalized spacial score (nSPS) is 13.3. The average molecular weight is 623 g/mol. The van der Waals surface area contributed by atoms with Gasteiger partial charge in [0.05, 0.1) is 23.4 Å². The van der Waals surface area contributed by atoms with E-state index in [0.717, 1.165) is 30.7 Å². The summed E-state index contributed by atoms with van der Waals surface area (Å²) in [5, 5.41) is 8.93. The molecule has 5 rings (SSSR count). The Hall–Kier alpha value is -4.37. The Labute approximate surface area is 243 Å². The largest absolute Gasteiger partial charge is 0.479 e. The molecule has 4 aromatic rings. The van der Waals surface area contributed by atoms with Gasteiger partial charge in [0.15, 0.2) is 17.3 Å². The molecule has 0 bridgehead atoms. The van der Waals surface area contributed by atoms with Crippen LogP contribution < -0.4 is 14.4 Å². The number of thiol groups is 1. The number of aromatic amines is 1.